The van der Waals surface area contributed by atoms with Gasteiger partial charge in [-0.2, -0.15) is 0 Å². The molecule has 0 saturated carbocycles. The molecule has 0 amide bonds. The van der Waals surface area contributed by atoms with E-state index in [1.165, 1.54) is 6.08 Å². The largest absolute Gasteiger partial charge is 0.462 e. The van der Waals surface area contributed by atoms with Crippen molar-refractivity contribution in [1.29, 1.82) is 0 Å². The lowest BCUT2D eigenvalue weighted by Crippen LogP contribution is -2.33. The van der Waals surface area contributed by atoms with Crippen LogP contribution in [0.3, 0.4) is 0 Å². The number of hydrogen-bond acceptors (Lipinski definition) is 7. The van der Waals surface area contributed by atoms with Crippen molar-refractivity contribution in [3.8, 4) is 11.5 Å². The Morgan fingerprint density at radius 1 is 0.952 bits per heavy atom. The van der Waals surface area contributed by atoms with Gasteiger partial charge in [-0.1, -0.05) is 55.1 Å². The van der Waals surface area contributed by atoms with Crippen molar-refractivity contribution in [3.63, 3.8) is 0 Å². The van der Waals surface area contributed by atoms with Crippen molar-refractivity contribution in [2.45, 2.75) is 25.5 Å². The monoisotopic (exact) mass is 560 g/mol. The number of carbonyl (C=O) groups excluding carboxylic acids is 2. The summed E-state index contributed by atoms with van der Waals surface area (Å²) in [6, 6.07) is 29.7. The molecule has 212 valence electrons. The first-order chi connectivity index (χ1) is 20.5. The van der Waals surface area contributed by atoms with Crippen molar-refractivity contribution in [3.05, 3.63) is 131 Å². The van der Waals surface area contributed by atoms with Crippen LogP contribution >= 0.6 is 0 Å². The van der Waals surface area contributed by atoms with Gasteiger partial charge in [0.25, 0.3) is 0 Å². The predicted molar refractivity (Wildman–Crippen MR) is 162 cm³/mol. The fraction of sp³-hybridized carbons (Fsp3) is 0.200. The zero-order chi connectivity index (χ0) is 29.1. The Hall–Kier alpha value is -5.04. The second-order valence-electron chi connectivity index (χ2n) is 10.3. The number of esters is 2. The molecule has 0 aromatic heterocycles. The van der Waals surface area contributed by atoms with E-state index in [0.717, 1.165) is 40.2 Å². The van der Waals surface area contributed by atoms with E-state index in [-0.39, 0.29) is 5.97 Å². The van der Waals surface area contributed by atoms with Crippen LogP contribution in [-0.2, 0) is 26.4 Å². The summed E-state index contributed by atoms with van der Waals surface area (Å²) in [5.74, 6) is 0.481. The summed E-state index contributed by atoms with van der Waals surface area (Å²) in [6.45, 7) is 7.92. The van der Waals surface area contributed by atoms with Gasteiger partial charge in [0.05, 0.1) is 12.2 Å². The summed E-state index contributed by atoms with van der Waals surface area (Å²) in [5, 5.41) is 3.50. The van der Waals surface area contributed by atoms with E-state index in [2.05, 4.69) is 35.9 Å². The molecule has 6 rings (SSSR count). The lowest BCUT2D eigenvalue weighted by atomic mass is 9.77. The Balaban J connectivity index is 1.37. The molecule has 2 aliphatic heterocycles. The summed E-state index contributed by atoms with van der Waals surface area (Å²) >= 11 is 0. The van der Waals surface area contributed by atoms with E-state index < -0.39 is 11.6 Å². The maximum atomic E-state index is 13.3. The molecule has 4 aromatic rings. The quantitative estimate of drug-likeness (QED) is 0.130. The summed E-state index contributed by atoms with van der Waals surface area (Å²) in [4.78, 5) is 26.9. The standard InChI is InChI=1S/C35H32N2O5/c1-3-33(38)40-20-10-19-37(4-2)26-16-17-29-32(22-26)41-31-18-15-25(36-23-24-11-6-5-7-12-24)21-30(31)35(29)28-14-9-8-13-27(28)34(39)42-35/h3,5-9,11-18,21-22,36H,1,4,10,19-20,23H2,2H3. The molecular formula is C35H32N2O5. The molecule has 4 aromatic carbocycles. The minimum absolute atomic E-state index is 0.312. The number of benzene rings is 4. The fourth-order valence-electron chi connectivity index (χ4n) is 5.72. The molecule has 0 fully saturated rings. The number of carbonyl (C=O) groups is 2. The summed E-state index contributed by atoms with van der Waals surface area (Å²) < 4.78 is 18.0. The molecule has 1 atom stereocenters. The molecule has 0 radical (unpaired) electrons. The Morgan fingerprint density at radius 3 is 2.57 bits per heavy atom. The molecule has 7 heteroatoms. The number of nitrogens with zero attached hydrogens (tertiary/aromatic N) is 1. The average molecular weight is 561 g/mol. The van der Waals surface area contributed by atoms with Crippen LogP contribution in [0, 0.1) is 0 Å². The molecular weight excluding hydrogens is 528 g/mol. The van der Waals surface area contributed by atoms with Gasteiger partial charge in [-0.15, -0.1) is 0 Å². The third-order valence-corrected chi connectivity index (χ3v) is 7.77. The van der Waals surface area contributed by atoms with Crippen LogP contribution in [0.1, 0.15) is 46.0 Å². The van der Waals surface area contributed by atoms with Crippen LogP contribution < -0.4 is 15.0 Å². The molecule has 7 nitrogen and oxygen atoms in total. The number of hydrogen-bond donors (Lipinski definition) is 1. The van der Waals surface area contributed by atoms with Crippen molar-refractivity contribution < 1.29 is 23.8 Å². The highest BCUT2D eigenvalue weighted by Crippen LogP contribution is 2.57. The Morgan fingerprint density at radius 2 is 1.76 bits per heavy atom. The van der Waals surface area contributed by atoms with Crippen molar-refractivity contribution in [2.24, 2.45) is 0 Å². The molecule has 1 spiro atoms. The Labute approximate surface area is 245 Å². The van der Waals surface area contributed by atoms with Crippen LogP contribution in [-0.4, -0.2) is 31.6 Å². The van der Waals surface area contributed by atoms with E-state index in [9.17, 15) is 9.59 Å². The van der Waals surface area contributed by atoms with E-state index in [4.69, 9.17) is 14.2 Å². The first-order valence-corrected chi connectivity index (χ1v) is 14.1. The van der Waals surface area contributed by atoms with Gasteiger partial charge < -0.3 is 24.4 Å². The van der Waals surface area contributed by atoms with Gasteiger partial charge in [-0.05, 0) is 55.3 Å². The van der Waals surface area contributed by atoms with Crippen molar-refractivity contribution in [1.82, 2.24) is 0 Å². The van der Waals surface area contributed by atoms with Crippen LogP contribution in [0.5, 0.6) is 11.5 Å². The third-order valence-electron chi connectivity index (χ3n) is 7.77. The van der Waals surface area contributed by atoms with Gasteiger partial charge >= 0.3 is 11.9 Å². The van der Waals surface area contributed by atoms with Crippen LogP contribution in [0.15, 0.2) is 104 Å². The van der Waals surface area contributed by atoms with Gasteiger partial charge in [0.2, 0.25) is 0 Å². The zero-order valence-corrected chi connectivity index (χ0v) is 23.5. The van der Waals surface area contributed by atoms with Gasteiger partial charge in [-0.3, -0.25) is 0 Å². The molecule has 1 N–H and O–H groups in total. The Kier molecular flexibility index (Phi) is 7.40. The zero-order valence-electron chi connectivity index (χ0n) is 23.5. The maximum absolute atomic E-state index is 13.3. The third kappa shape index (κ3) is 4.87. The molecule has 0 aliphatic carbocycles. The summed E-state index contributed by atoms with van der Waals surface area (Å²) in [6.07, 6.45) is 1.84. The highest BCUT2D eigenvalue weighted by atomic mass is 16.6. The van der Waals surface area contributed by atoms with Gasteiger partial charge in [0, 0.05) is 59.8 Å². The van der Waals surface area contributed by atoms with Crippen LogP contribution in [0.25, 0.3) is 0 Å². The lowest BCUT2D eigenvalue weighted by molar-refractivity contribution is -0.137. The highest BCUT2D eigenvalue weighted by molar-refractivity contribution is 5.97. The fourth-order valence-corrected chi connectivity index (χ4v) is 5.72. The van der Waals surface area contributed by atoms with E-state index in [0.29, 0.717) is 43.2 Å². The van der Waals surface area contributed by atoms with Crippen molar-refractivity contribution in [2.75, 3.05) is 29.9 Å². The number of rotatable bonds is 10. The van der Waals surface area contributed by atoms with Crippen LogP contribution in [0.4, 0.5) is 11.4 Å². The van der Waals surface area contributed by atoms with Gasteiger partial charge in [-0.25, -0.2) is 9.59 Å². The van der Waals surface area contributed by atoms with E-state index >= 15 is 0 Å². The average Bonchev–Trinajstić information content (AvgIpc) is 3.33. The number of ether oxygens (including phenoxy) is 3. The minimum Gasteiger partial charge on any atom is -0.462 e. The number of anilines is 2. The molecule has 42 heavy (non-hydrogen) atoms. The van der Waals surface area contributed by atoms with Gasteiger partial charge in [0.1, 0.15) is 11.5 Å². The first kappa shape index (κ1) is 27.1. The lowest BCUT2D eigenvalue weighted by Gasteiger charge is -2.37. The maximum Gasteiger partial charge on any atom is 0.340 e. The van der Waals surface area contributed by atoms with E-state index in [1.54, 1.807) is 0 Å². The number of fused-ring (bicyclic) bond motifs is 6. The van der Waals surface area contributed by atoms with E-state index in [1.807, 2.05) is 78.9 Å². The topological polar surface area (TPSA) is 77.1 Å². The van der Waals surface area contributed by atoms with Gasteiger partial charge in [0.15, 0.2) is 5.60 Å². The molecule has 0 bridgehead atoms. The SMILES string of the molecule is C=CC(=O)OCCCN(CC)c1ccc2c(c1)Oc1ccc(NCc3ccccc3)cc1C21OC(=O)c2ccccc21. The second kappa shape index (κ2) is 11.4. The van der Waals surface area contributed by atoms with Crippen LogP contribution in [0.2, 0.25) is 0 Å². The van der Waals surface area contributed by atoms with Crippen molar-refractivity contribution >= 4 is 23.3 Å². The smallest absolute Gasteiger partial charge is 0.340 e. The number of nitrogens with one attached hydrogen (secondary N) is 1. The molecule has 1 unspecified atom stereocenters. The molecule has 0 saturated heterocycles. The molecule has 2 aliphatic rings. The Bertz CT molecular complexity index is 1650. The summed E-state index contributed by atoms with van der Waals surface area (Å²) in [5.41, 5.74) is 4.77. The highest BCUT2D eigenvalue weighted by Gasteiger charge is 2.53. The summed E-state index contributed by atoms with van der Waals surface area (Å²) in [7, 11) is 0. The second-order valence-corrected chi connectivity index (χ2v) is 10.3. The normalized spacial score (nSPS) is 16.0. The predicted octanol–water partition coefficient (Wildman–Crippen LogP) is 6.81. The molecule has 2 heterocycles. The first-order valence-electron chi connectivity index (χ1n) is 14.1. The minimum atomic E-state index is -1.14.